The van der Waals surface area contributed by atoms with Gasteiger partial charge in [-0.25, -0.2) is 4.98 Å². The summed E-state index contributed by atoms with van der Waals surface area (Å²) in [4.78, 5) is 33.4. The van der Waals surface area contributed by atoms with E-state index >= 15 is 0 Å². The lowest BCUT2D eigenvalue weighted by Crippen LogP contribution is -2.86. The van der Waals surface area contributed by atoms with Gasteiger partial charge in [0.25, 0.3) is 5.56 Å². The van der Waals surface area contributed by atoms with Crippen LogP contribution < -0.4 is 16.2 Å². The summed E-state index contributed by atoms with van der Waals surface area (Å²) in [6.07, 6.45) is 3.19. The van der Waals surface area contributed by atoms with Crippen LogP contribution in [0.15, 0.2) is 4.79 Å². The van der Waals surface area contributed by atoms with Crippen LogP contribution in [0.4, 0.5) is 0 Å². The molecule has 1 aliphatic carbocycles. The lowest BCUT2D eigenvalue weighted by molar-refractivity contribution is -0.692. The number of hydrogen-bond donors (Lipinski definition) is 3. The summed E-state index contributed by atoms with van der Waals surface area (Å²) in [6, 6.07) is 0.0499. The maximum absolute atomic E-state index is 12.6. The van der Waals surface area contributed by atoms with E-state index in [9.17, 15) is 9.59 Å². The molecule has 6 nitrogen and oxygen atoms in total. The summed E-state index contributed by atoms with van der Waals surface area (Å²) < 4.78 is 0. The van der Waals surface area contributed by atoms with Gasteiger partial charge in [0.15, 0.2) is 5.82 Å². The molecule has 3 rings (SSSR count). The number of hydrogen-bond acceptors (Lipinski definition) is 4. The summed E-state index contributed by atoms with van der Waals surface area (Å²) in [5.41, 5.74) is 1.21. The second kappa shape index (κ2) is 7.03. The maximum atomic E-state index is 12.6. The minimum Gasteiger partial charge on any atom is -0.351 e. The van der Waals surface area contributed by atoms with E-state index in [0.717, 1.165) is 36.0 Å². The first kappa shape index (κ1) is 17.1. The zero-order chi connectivity index (χ0) is 17.3. The Balaban J connectivity index is 1.80. The molecule has 0 aliphatic heterocycles. The third kappa shape index (κ3) is 3.52. The predicted octanol–water partition coefficient (Wildman–Crippen LogP) is 0.870. The molecule has 7 heteroatoms. The second-order valence-electron chi connectivity index (χ2n) is 6.78. The lowest BCUT2D eigenvalue weighted by Gasteiger charge is -2.17. The normalized spacial score (nSPS) is 18.4. The zero-order valence-corrected chi connectivity index (χ0v) is 15.3. The van der Waals surface area contributed by atoms with Crippen LogP contribution in [0.3, 0.4) is 0 Å². The van der Waals surface area contributed by atoms with Crippen molar-refractivity contribution in [2.24, 2.45) is 5.92 Å². The van der Waals surface area contributed by atoms with Crippen LogP contribution in [0.2, 0.25) is 0 Å². The highest BCUT2D eigenvalue weighted by atomic mass is 32.1. The number of H-pyrrole nitrogens is 1. The average molecular weight is 349 g/mol. The SMILES string of the molecule is CC(=O)NCC[NH2+][C@@H](C)c1nc2sc3c(c2c(=O)[nH]1)CC[C@@H](C)C3. The first-order valence-electron chi connectivity index (χ1n) is 8.58. The molecule has 0 fully saturated rings. The number of aromatic amines is 1. The fourth-order valence-electron chi connectivity index (χ4n) is 3.27. The third-order valence-corrected chi connectivity index (χ3v) is 5.80. The quantitative estimate of drug-likeness (QED) is 0.700. The van der Waals surface area contributed by atoms with Gasteiger partial charge in [-0.15, -0.1) is 11.3 Å². The van der Waals surface area contributed by atoms with E-state index in [2.05, 4.69) is 22.5 Å². The Hall–Kier alpha value is -1.73. The van der Waals surface area contributed by atoms with E-state index in [0.29, 0.717) is 18.3 Å². The van der Waals surface area contributed by atoms with Gasteiger partial charge in [-0.05, 0) is 37.7 Å². The Morgan fingerprint density at radius 3 is 3.08 bits per heavy atom. The topological polar surface area (TPSA) is 91.5 Å². The summed E-state index contributed by atoms with van der Waals surface area (Å²) in [5, 5.41) is 5.65. The molecule has 24 heavy (non-hydrogen) atoms. The number of quaternary nitrogens is 1. The number of nitrogens with one attached hydrogen (secondary N) is 2. The molecule has 0 saturated carbocycles. The van der Waals surface area contributed by atoms with Crippen molar-refractivity contribution in [1.29, 1.82) is 0 Å². The highest BCUT2D eigenvalue weighted by Gasteiger charge is 2.24. The summed E-state index contributed by atoms with van der Waals surface area (Å²) in [7, 11) is 0. The van der Waals surface area contributed by atoms with Gasteiger partial charge in [-0.3, -0.25) is 9.59 Å². The molecule has 0 radical (unpaired) electrons. The molecule has 1 aliphatic rings. The fourth-order valence-corrected chi connectivity index (χ4v) is 4.66. The molecule has 4 N–H and O–H groups in total. The maximum Gasteiger partial charge on any atom is 0.260 e. The van der Waals surface area contributed by atoms with Gasteiger partial charge >= 0.3 is 0 Å². The molecule has 2 atom stereocenters. The van der Waals surface area contributed by atoms with Crippen molar-refractivity contribution < 1.29 is 10.1 Å². The van der Waals surface area contributed by atoms with Gasteiger partial charge in [-0.2, -0.15) is 0 Å². The molecule has 130 valence electrons. The van der Waals surface area contributed by atoms with Crippen molar-refractivity contribution in [2.75, 3.05) is 13.1 Å². The van der Waals surface area contributed by atoms with E-state index in [1.807, 2.05) is 6.92 Å². The van der Waals surface area contributed by atoms with Crippen LogP contribution in [-0.4, -0.2) is 29.0 Å². The highest BCUT2D eigenvalue weighted by molar-refractivity contribution is 7.18. The zero-order valence-electron chi connectivity index (χ0n) is 14.4. The number of aryl methyl sites for hydroxylation is 1. The number of aromatic nitrogens is 2. The van der Waals surface area contributed by atoms with Crippen LogP contribution in [-0.2, 0) is 17.6 Å². The van der Waals surface area contributed by atoms with Crippen molar-refractivity contribution >= 4 is 27.5 Å². The van der Waals surface area contributed by atoms with E-state index in [1.54, 1.807) is 11.3 Å². The van der Waals surface area contributed by atoms with E-state index in [1.165, 1.54) is 17.4 Å². The van der Waals surface area contributed by atoms with Crippen molar-refractivity contribution in [1.82, 2.24) is 15.3 Å². The minimum absolute atomic E-state index is 0.0100. The molecule has 0 bridgehead atoms. The van der Waals surface area contributed by atoms with Crippen LogP contribution in [0.5, 0.6) is 0 Å². The fraction of sp³-hybridized carbons (Fsp3) is 0.588. The van der Waals surface area contributed by atoms with E-state index in [4.69, 9.17) is 4.98 Å². The second-order valence-corrected chi connectivity index (χ2v) is 7.86. The smallest absolute Gasteiger partial charge is 0.260 e. The van der Waals surface area contributed by atoms with Gasteiger partial charge < -0.3 is 15.6 Å². The summed E-state index contributed by atoms with van der Waals surface area (Å²) >= 11 is 1.68. The molecule has 0 aromatic carbocycles. The molecule has 2 aromatic heterocycles. The van der Waals surface area contributed by atoms with Crippen LogP contribution in [0.1, 0.15) is 49.5 Å². The monoisotopic (exact) mass is 349 g/mol. The Morgan fingerprint density at radius 2 is 2.33 bits per heavy atom. The standard InChI is InChI=1S/C17H24N4O2S/c1-9-4-5-12-13(8-9)24-17-14(12)16(23)20-15(21-17)10(2)18-6-7-19-11(3)22/h9-10,18H,4-8H2,1-3H3,(H,19,22)(H,20,21,23)/p+1/t9-,10+/m1/s1. The molecular formula is C17H25N4O2S+. The highest BCUT2D eigenvalue weighted by Crippen LogP contribution is 2.35. The van der Waals surface area contributed by atoms with Crippen LogP contribution in [0.25, 0.3) is 10.2 Å². The summed E-state index contributed by atoms with van der Waals surface area (Å²) in [6.45, 7) is 7.16. The first-order chi connectivity index (χ1) is 11.5. The van der Waals surface area contributed by atoms with Gasteiger partial charge in [-0.1, -0.05) is 6.92 Å². The molecule has 1 amide bonds. The molecule has 0 unspecified atom stereocenters. The number of nitrogens with two attached hydrogens (primary N) is 1. The number of fused-ring (bicyclic) bond motifs is 3. The molecule has 2 heterocycles. The molecule has 0 saturated heterocycles. The summed E-state index contributed by atoms with van der Waals surface area (Å²) in [5.74, 6) is 1.37. The number of nitrogens with zero attached hydrogens (tertiary/aromatic N) is 1. The van der Waals surface area contributed by atoms with Crippen molar-refractivity contribution in [3.8, 4) is 0 Å². The molecule has 2 aromatic rings. The number of carbonyl (C=O) groups is 1. The number of thiophene rings is 1. The third-order valence-electron chi connectivity index (χ3n) is 4.65. The average Bonchev–Trinajstić information content (AvgIpc) is 2.88. The largest absolute Gasteiger partial charge is 0.351 e. The van der Waals surface area contributed by atoms with Gasteiger partial charge in [0, 0.05) is 11.8 Å². The van der Waals surface area contributed by atoms with Crippen LogP contribution in [0, 0.1) is 5.92 Å². The van der Waals surface area contributed by atoms with E-state index in [-0.39, 0.29) is 17.5 Å². The van der Waals surface area contributed by atoms with Gasteiger partial charge in [0.2, 0.25) is 5.91 Å². The number of carbonyl (C=O) groups excluding carboxylic acids is 1. The first-order valence-corrected chi connectivity index (χ1v) is 9.39. The number of amides is 1. The van der Waals surface area contributed by atoms with Gasteiger partial charge in [0.05, 0.1) is 18.5 Å². The predicted molar refractivity (Wildman–Crippen MR) is 95.3 cm³/mol. The Morgan fingerprint density at radius 1 is 1.54 bits per heavy atom. The van der Waals surface area contributed by atoms with Crippen molar-refractivity contribution in [2.45, 2.75) is 46.1 Å². The lowest BCUT2D eigenvalue weighted by atomic mass is 9.89. The van der Waals surface area contributed by atoms with Crippen molar-refractivity contribution in [3.63, 3.8) is 0 Å². The number of rotatable bonds is 5. The van der Waals surface area contributed by atoms with Crippen LogP contribution >= 0.6 is 11.3 Å². The van der Waals surface area contributed by atoms with E-state index < -0.39 is 0 Å². The van der Waals surface area contributed by atoms with Crippen molar-refractivity contribution in [3.05, 3.63) is 26.6 Å². The van der Waals surface area contributed by atoms with Gasteiger partial charge in [0.1, 0.15) is 10.9 Å². The molecule has 0 spiro atoms. The Kier molecular flexibility index (Phi) is 5.01. The Bertz CT molecular complexity index is 811. The minimum atomic E-state index is -0.0256. The molecular weight excluding hydrogens is 324 g/mol. The Labute approximate surface area is 145 Å².